The maximum atomic E-state index is 15.3. The summed E-state index contributed by atoms with van der Waals surface area (Å²) in [6.45, 7) is 3.77. The van der Waals surface area contributed by atoms with Crippen molar-refractivity contribution in [2.75, 3.05) is 9.80 Å². The number of carbonyl (C=O) groups excluding carboxylic acids is 4. The molecule has 49 heavy (non-hydrogen) atoms. The highest BCUT2D eigenvalue weighted by Gasteiger charge is 2.70. The lowest BCUT2D eigenvalue weighted by Gasteiger charge is -2.50. The van der Waals surface area contributed by atoms with Gasteiger partial charge < -0.3 is 5.11 Å². The second-order valence-electron chi connectivity index (χ2n) is 13.1. The Bertz CT molecular complexity index is 2110. The summed E-state index contributed by atoms with van der Waals surface area (Å²) >= 11 is 6.35. The Labute approximate surface area is 286 Å². The number of amides is 4. The number of fused-ring (bicyclic) bond motifs is 4. The van der Waals surface area contributed by atoms with Gasteiger partial charge in [0.1, 0.15) is 0 Å². The molecule has 2 aliphatic heterocycles. The lowest BCUT2D eigenvalue weighted by molar-refractivity contribution is -0.127. The molecule has 2 heterocycles. The minimum atomic E-state index is -1.62. The van der Waals surface area contributed by atoms with Crippen LogP contribution in [0.25, 0.3) is 6.08 Å². The van der Waals surface area contributed by atoms with Crippen LogP contribution in [-0.2, 0) is 24.6 Å². The predicted octanol–water partition coefficient (Wildman–Crippen LogP) is 7.19. The van der Waals surface area contributed by atoms with Gasteiger partial charge in [-0.25, -0.2) is 9.29 Å². The predicted molar refractivity (Wildman–Crippen MR) is 183 cm³/mol. The molecule has 2 saturated heterocycles. The van der Waals surface area contributed by atoms with Gasteiger partial charge in [-0.1, -0.05) is 96.6 Å². The molecule has 9 heteroatoms. The summed E-state index contributed by atoms with van der Waals surface area (Å²) in [7, 11) is 0. The van der Waals surface area contributed by atoms with E-state index in [-0.39, 0.29) is 30.0 Å². The molecule has 244 valence electrons. The Morgan fingerprint density at radius 3 is 2.27 bits per heavy atom. The molecular formula is C40H30ClFN2O5. The van der Waals surface area contributed by atoms with Gasteiger partial charge in [-0.3, -0.25) is 24.1 Å². The van der Waals surface area contributed by atoms with Crippen LogP contribution in [0.5, 0.6) is 5.75 Å². The number of hydrogen-bond donors (Lipinski definition) is 1. The van der Waals surface area contributed by atoms with Crippen LogP contribution in [-0.4, -0.2) is 28.7 Å². The maximum Gasteiger partial charge on any atom is 0.246 e. The number of nitrogens with zero attached hydrogens (tertiary/aromatic N) is 2. The van der Waals surface area contributed by atoms with E-state index >= 15 is 9.18 Å². The number of imide groups is 2. The topological polar surface area (TPSA) is 95.0 Å². The number of hydrogen-bond acceptors (Lipinski definition) is 5. The van der Waals surface area contributed by atoms with Crippen molar-refractivity contribution < 1.29 is 28.7 Å². The molecule has 0 radical (unpaired) electrons. The number of phenolic OH excluding ortho intramolecular Hbond substituents is 1. The number of halogens is 2. The standard InChI is InChI=1S/C40H30ClFN2O5/c1-2-22-14-16-25(17-15-22)43-36(46)28-19-18-27-30(33(28)38(43)48)21-31-37(47)44(26-11-6-10-24(41)20-26)39(49)40(31,23-8-4-3-5-9-23)34(27)29-12-7-13-32(42)35(29)45/h2-18,20,28,30-31,33-34,45H,1,19,21H2. The van der Waals surface area contributed by atoms with Gasteiger partial charge in [-0.2, -0.15) is 0 Å². The van der Waals surface area contributed by atoms with Gasteiger partial charge >= 0.3 is 0 Å². The van der Waals surface area contributed by atoms with Crippen molar-refractivity contribution in [1.82, 2.24) is 0 Å². The molecule has 0 aromatic heterocycles. The smallest absolute Gasteiger partial charge is 0.246 e. The van der Waals surface area contributed by atoms with Crippen LogP contribution in [0, 0.1) is 29.5 Å². The average molecular weight is 673 g/mol. The lowest BCUT2D eigenvalue weighted by Crippen LogP contribution is -2.53. The van der Waals surface area contributed by atoms with Gasteiger partial charge in [-0.15, -0.1) is 0 Å². The van der Waals surface area contributed by atoms with E-state index in [1.807, 2.05) is 6.08 Å². The molecule has 8 rings (SSSR count). The van der Waals surface area contributed by atoms with E-state index in [0.717, 1.165) is 16.5 Å². The summed E-state index contributed by atoms with van der Waals surface area (Å²) < 4.78 is 15.3. The third-order valence-electron chi connectivity index (χ3n) is 10.9. The quantitative estimate of drug-likeness (QED) is 0.179. The Morgan fingerprint density at radius 1 is 0.816 bits per heavy atom. The Balaban J connectivity index is 1.35. The van der Waals surface area contributed by atoms with Crippen molar-refractivity contribution in [3.63, 3.8) is 0 Å². The lowest BCUT2D eigenvalue weighted by atomic mass is 9.49. The number of anilines is 2. The molecule has 4 aromatic carbocycles. The number of rotatable bonds is 5. The van der Waals surface area contributed by atoms with Gasteiger partial charge in [0.25, 0.3) is 0 Å². The molecular weight excluding hydrogens is 643 g/mol. The van der Waals surface area contributed by atoms with E-state index < -0.39 is 64.3 Å². The SMILES string of the molecule is C=Cc1ccc(N2C(=O)C3CC=C4C(CC5C(=O)N(c6cccc(Cl)c6)C(=O)C5(c5ccccc5)C4c4cccc(F)c4O)C3C2=O)cc1. The summed E-state index contributed by atoms with van der Waals surface area (Å²) in [4.78, 5) is 60.7. The molecule has 0 bridgehead atoms. The first-order valence-electron chi connectivity index (χ1n) is 16.2. The summed E-state index contributed by atoms with van der Waals surface area (Å²) in [6.07, 6.45) is 3.82. The van der Waals surface area contributed by atoms with Crippen LogP contribution in [0.3, 0.4) is 0 Å². The molecule has 1 N–H and O–H groups in total. The number of benzene rings is 4. The van der Waals surface area contributed by atoms with Gasteiger partial charge in [0.15, 0.2) is 11.6 Å². The number of aromatic hydroxyl groups is 1. The summed E-state index contributed by atoms with van der Waals surface area (Å²) in [5.41, 5.74) is 1.21. The monoisotopic (exact) mass is 672 g/mol. The van der Waals surface area contributed by atoms with Crippen molar-refractivity contribution in [2.45, 2.75) is 24.2 Å². The van der Waals surface area contributed by atoms with Crippen LogP contribution in [0.15, 0.2) is 115 Å². The highest BCUT2D eigenvalue weighted by atomic mass is 35.5. The Kier molecular flexibility index (Phi) is 7.19. The zero-order valence-corrected chi connectivity index (χ0v) is 26.9. The highest BCUT2D eigenvalue weighted by Crippen LogP contribution is 2.65. The fourth-order valence-electron chi connectivity index (χ4n) is 8.87. The molecule has 4 aliphatic rings. The van der Waals surface area contributed by atoms with Gasteiger partial charge in [-0.05, 0) is 66.3 Å². The van der Waals surface area contributed by atoms with Crippen molar-refractivity contribution >= 4 is 52.7 Å². The first-order valence-corrected chi connectivity index (χ1v) is 16.5. The Hall–Kier alpha value is -5.34. The molecule has 0 spiro atoms. The van der Waals surface area contributed by atoms with E-state index in [0.29, 0.717) is 21.8 Å². The van der Waals surface area contributed by atoms with E-state index in [2.05, 4.69) is 6.58 Å². The zero-order chi connectivity index (χ0) is 34.2. The van der Waals surface area contributed by atoms with Crippen LogP contribution in [0.4, 0.5) is 15.8 Å². The van der Waals surface area contributed by atoms with Crippen molar-refractivity contribution in [2.24, 2.45) is 23.7 Å². The second-order valence-corrected chi connectivity index (χ2v) is 13.5. The third kappa shape index (κ3) is 4.33. The van der Waals surface area contributed by atoms with Gasteiger partial charge in [0.2, 0.25) is 23.6 Å². The first-order chi connectivity index (χ1) is 23.7. The molecule has 6 unspecified atom stereocenters. The van der Waals surface area contributed by atoms with Crippen molar-refractivity contribution in [3.05, 3.63) is 143 Å². The van der Waals surface area contributed by atoms with E-state index in [1.165, 1.54) is 11.0 Å². The third-order valence-corrected chi connectivity index (χ3v) is 11.1. The molecule has 1 saturated carbocycles. The van der Waals surface area contributed by atoms with Crippen molar-refractivity contribution in [1.29, 1.82) is 0 Å². The number of para-hydroxylation sites is 1. The van der Waals surface area contributed by atoms with Crippen LogP contribution >= 0.6 is 11.6 Å². The van der Waals surface area contributed by atoms with E-state index in [9.17, 15) is 19.5 Å². The zero-order valence-electron chi connectivity index (χ0n) is 26.1. The molecule has 4 amide bonds. The molecule has 3 fully saturated rings. The number of phenols is 1. The van der Waals surface area contributed by atoms with E-state index in [1.54, 1.807) is 91.0 Å². The number of allylic oxidation sites excluding steroid dienone is 2. The average Bonchev–Trinajstić information content (AvgIpc) is 3.50. The Morgan fingerprint density at radius 2 is 1.55 bits per heavy atom. The molecule has 2 aliphatic carbocycles. The highest BCUT2D eigenvalue weighted by molar-refractivity contribution is 6.32. The summed E-state index contributed by atoms with van der Waals surface area (Å²) in [6, 6.07) is 26.5. The van der Waals surface area contributed by atoms with E-state index in [4.69, 9.17) is 11.6 Å². The minimum absolute atomic E-state index is 0.0817. The summed E-state index contributed by atoms with van der Waals surface area (Å²) in [5.74, 6) is -7.52. The fraction of sp³-hybridized carbons (Fsp3) is 0.200. The minimum Gasteiger partial charge on any atom is -0.505 e. The second kappa shape index (κ2) is 11.4. The van der Waals surface area contributed by atoms with Gasteiger partial charge in [0, 0.05) is 16.5 Å². The molecule has 7 nitrogen and oxygen atoms in total. The van der Waals surface area contributed by atoms with Crippen LogP contribution in [0.2, 0.25) is 5.02 Å². The van der Waals surface area contributed by atoms with Crippen molar-refractivity contribution in [3.8, 4) is 5.75 Å². The first kappa shape index (κ1) is 31.0. The fourth-order valence-corrected chi connectivity index (χ4v) is 9.05. The summed E-state index contributed by atoms with van der Waals surface area (Å²) in [5, 5.41) is 11.7. The van der Waals surface area contributed by atoms with Crippen LogP contribution < -0.4 is 9.80 Å². The maximum absolute atomic E-state index is 15.3. The molecule has 4 aromatic rings. The normalized spacial score (nSPS) is 27.5. The number of carbonyl (C=O) groups is 4. The molecule has 6 atom stereocenters. The van der Waals surface area contributed by atoms with Crippen LogP contribution in [0.1, 0.15) is 35.4 Å². The van der Waals surface area contributed by atoms with Gasteiger partial charge in [0.05, 0.1) is 34.5 Å². The largest absolute Gasteiger partial charge is 0.505 e.